The molecule has 0 radical (unpaired) electrons. The smallest absolute Gasteiger partial charge is 0.245 e. The Balaban J connectivity index is 1.75. The van der Waals surface area contributed by atoms with Gasteiger partial charge in [-0.3, -0.25) is 9.78 Å². The van der Waals surface area contributed by atoms with Crippen molar-refractivity contribution in [3.05, 3.63) is 48.8 Å². The molecule has 2 heterocycles. The zero-order chi connectivity index (χ0) is 12.5. The number of carbonyl (C=O) groups is 1. The van der Waals surface area contributed by atoms with E-state index in [9.17, 15) is 4.79 Å². The van der Waals surface area contributed by atoms with Gasteiger partial charge >= 0.3 is 0 Å². The molecule has 1 aromatic rings. The number of allylic oxidation sites excluding steroid dienone is 1. The third-order valence-electron chi connectivity index (χ3n) is 3.93. The van der Waals surface area contributed by atoms with Gasteiger partial charge in [0.05, 0.1) is 0 Å². The Morgan fingerprint density at radius 3 is 2.83 bits per heavy atom. The average molecular weight is 240 g/mol. The van der Waals surface area contributed by atoms with Crippen molar-refractivity contribution in [2.75, 3.05) is 13.1 Å². The SMILES string of the molecule is C=CC(=O)N1CC2C=C(c3ccncc3)CC2C1. The fraction of sp³-hybridized carbons (Fsp3) is 0.333. The number of amides is 1. The Bertz CT molecular complexity index is 506. The second kappa shape index (κ2) is 4.41. The van der Waals surface area contributed by atoms with Gasteiger partial charge in [-0.25, -0.2) is 0 Å². The van der Waals surface area contributed by atoms with E-state index in [-0.39, 0.29) is 5.91 Å². The Hall–Kier alpha value is -1.90. The predicted octanol–water partition coefficient (Wildman–Crippen LogP) is 2.13. The van der Waals surface area contributed by atoms with Gasteiger partial charge < -0.3 is 4.90 Å². The molecular weight excluding hydrogens is 224 g/mol. The summed E-state index contributed by atoms with van der Waals surface area (Å²) in [6.07, 6.45) is 8.47. The highest BCUT2D eigenvalue weighted by Crippen LogP contribution is 2.40. The first-order valence-electron chi connectivity index (χ1n) is 6.30. The van der Waals surface area contributed by atoms with E-state index >= 15 is 0 Å². The maximum absolute atomic E-state index is 11.6. The molecule has 1 aliphatic carbocycles. The van der Waals surface area contributed by atoms with Crippen LogP contribution in [0.15, 0.2) is 43.3 Å². The van der Waals surface area contributed by atoms with E-state index < -0.39 is 0 Å². The van der Waals surface area contributed by atoms with E-state index in [4.69, 9.17) is 0 Å². The summed E-state index contributed by atoms with van der Waals surface area (Å²) < 4.78 is 0. The van der Waals surface area contributed by atoms with Crippen LogP contribution in [0.5, 0.6) is 0 Å². The minimum absolute atomic E-state index is 0.0586. The molecule has 3 rings (SSSR count). The Kier molecular flexibility index (Phi) is 2.74. The summed E-state index contributed by atoms with van der Waals surface area (Å²) in [5, 5.41) is 0. The van der Waals surface area contributed by atoms with E-state index in [1.165, 1.54) is 17.2 Å². The molecule has 3 heteroatoms. The van der Waals surface area contributed by atoms with Crippen molar-refractivity contribution in [1.29, 1.82) is 0 Å². The fourth-order valence-electron chi connectivity index (χ4n) is 3.00. The molecule has 0 bridgehead atoms. The van der Waals surface area contributed by atoms with Crippen LogP contribution in [0.25, 0.3) is 5.57 Å². The average Bonchev–Trinajstić information content (AvgIpc) is 2.97. The first kappa shape index (κ1) is 11.2. The molecule has 0 N–H and O–H groups in total. The van der Waals surface area contributed by atoms with Crippen molar-refractivity contribution >= 4 is 11.5 Å². The molecule has 92 valence electrons. The first-order chi connectivity index (χ1) is 8.78. The highest BCUT2D eigenvalue weighted by Gasteiger charge is 2.37. The van der Waals surface area contributed by atoms with Gasteiger partial charge in [-0.05, 0) is 47.6 Å². The van der Waals surface area contributed by atoms with Gasteiger partial charge in [-0.15, -0.1) is 0 Å². The molecule has 1 aliphatic heterocycles. The number of aromatic nitrogens is 1. The lowest BCUT2D eigenvalue weighted by Crippen LogP contribution is -2.27. The number of hydrogen-bond acceptors (Lipinski definition) is 2. The number of likely N-dealkylation sites (tertiary alicyclic amines) is 1. The fourth-order valence-corrected chi connectivity index (χ4v) is 3.00. The molecule has 2 unspecified atom stereocenters. The number of hydrogen-bond donors (Lipinski definition) is 0. The number of nitrogens with zero attached hydrogens (tertiary/aromatic N) is 2. The third kappa shape index (κ3) is 1.86. The van der Waals surface area contributed by atoms with Gasteiger partial charge in [0.2, 0.25) is 5.91 Å². The highest BCUT2D eigenvalue weighted by atomic mass is 16.2. The summed E-state index contributed by atoms with van der Waals surface area (Å²) in [5.74, 6) is 1.15. The lowest BCUT2D eigenvalue weighted by atomic mass is 9.99. The molecule has 0 saturated carbocycles. The largest absolute Gasteiger partial charge is 0.338 e. The third-order valence-corrected chi connectivity index (χ3v) is 3.93. The van der Waals surface area contributed by atoms with Crippen molar-refractivity contribution < 1.29 is 4.79 Å². The van der Waals surface area contributed by atoms with Crippen LogP contribution in [0.3, 0.4) is 0 Å². The molecule has 18 heavy (non-hydrogen) atoms. The molecule has 0 spiro atoms. The van der Waals surface area contributed by atoms with Crippen molar-refractivity contribution in [2.45, 2.75) is 6.42 Å². The zero-order valence-electron chi connectivity index (χ0n) is 10.2. The molecular formula is C15H16N2O. The topological polar surface area (TPSA) is 33.2 Å². The highest BCUT2D eigenvalue weighted by molar-refractivity contribution is 5.87. The van der Waals surface area contributed by atoms with Gasteiger partial charge in [0.1, 0.15) is 0 Å². The normalized spacial score (nSPS) is 25.8. The van der Waals surface area contributed by atoms with Crippen LogP contribution in [0.2, 0.25) is 0 Å². The van der Waals surface area contributed by atoms with Gasteiger partial charge in [0, 0.05) is 25.5 Å². The van der Waals surface area contributed by atoms with Gasteiger partial charge in [-0.1, -0.05) is 12.7 Å². The van der Waals surface area contributed by atoms with Crippen molar-refractivity contribution in [3.8, 4) is 0 Å². The van der Waals surface area contributed by atoms with Gasteiger partial charge in [0.15, 0.2) is 0 Å². The summed E-state index contributed by atoms with van der Waals surface area (Å²) >= 11 is 0. The molecule has 0 aromatic carbocycles. The van der Waals surface area contributed by atoms with Crippen LogP contribution in [-0.2, 0) is 4.79 Å². The zero-order valence-corrected chi connectivity index (χ0v) is 10.2. The second-order valence-electron chi connectivity index (χ2n) is 5.00. The standard InChI is InChI=1S/C15H16N2O/c1-2-15(18)17-9-13-7-12(8-14(13)10-17)11-3-5-16-6-4-11/h2-7,13-14H,1,8-10H2. The van der Waals surface area contributed by atoms with E-state index in [1.807, 2.05) is 17.3 Å². The van der Waals surface area contributed by atoms with Crippen LogP contribution >= 0.6 is 0 Å². The molecule has 1 aromatic heterocycles. The molecule has 1 fully saturated rings. The Morgan fingerprint density at radius 2 is 2.17 bits per heavy atom. The van der Waals surface area contributed by atoms with Crippen LogP contribution in [-0.4, -0.2) is 28.9 Å². The lowest BCUT2D eigenvalue weighted by Gasteiger charge is -2.14. The van der Waals surface area contributed by atoms with E-state index in [1.54, 1.807) is 0 Å². The van der Waals surface area contributed by atoms with Crippen LogP contribution < -0.4 is 0 Å². The Labute approximate surface area is 107 Å². The summed E-state index contributed by atoms with van der Waals surface area (Å²) in [6.45, 7) is 5.25. The second-order valence-corrected chi connectivity index (χ2v) is 5.00. The van der Waals surface area contributed by atoms with E-state index in [0.29, 0.717) is 11.8 Å². The molecule has 1 amide bonds. The minimum Gasteiger partial charge on any atom is -0.338 e. The van der Waals surface area contributed by atoms with Crippen molar-refractivity contribution in [3.63, 3.8) is 0 Å². The monoisotopic (exact) mass is 240 g/mol. The van der Waals surface area contributed by atoms with Gasteiger partial charge in [0.25, 0.3) is 0 Å². The maximum Gasteiger partial charge on any atom is 0.245 e. The number of rotatable bonds is 2. The van der Waals surface area contributed by atoms with Crippen LogP contribution in [0.1, 0.15) is 12.0 Å². The number of fused-ring (bicyclic) bond motifs is 1. The molecule has 1 saturated heterocycles. The van der Waals surface area contributed by atoms with Crippen molar-refractivity contribution in [1.82, 2.24) is 9.88 Å². The van der Waals surface area contributed by atoms with E-state index in [0.717, 1.165) is 19.5 Å². The predicted molar refractivity (Wildman–Crippen MR) is 70.6 cm³/mol. The van der Waals surface area contributed by atoms with Gasteiger partial charge in [-0.2, -0.15) is 0 Å². The summed E-state index contributed by atoms with van der Waals surface area (Å²) in [6, 6.07) is 4.11. The quantitative estimate of drug-likeness (QED) is 0.742. The van der Waals surface area contributed by atoms with Crippen LogP contribution in [0, 0.1) is 11.8 Å². The first-order valence-corrected chi connectivity index (χ1v) is 6.30. The molecule has 2 aliphatic rings. The minimum atomic E-state index is 0.0586. The Morgan fingerprint density at radius 1 is 1.39 bits per heavy atom. The molecule has 3 nitrogen and oxygen atoms in total. The summed E-state index contributed by atoms with van der Waals surface area (Å²) in [4.78, 5) is 17.5. The summed E-state index contributed by atoms with van der Waals surface area (Å²) in [7, 11) is 0. The molecule has 2 atom stereocenters. The van der Waals surface area contributed by atoms with Crippen molar-refractivity contribution in [2.24, 2.45) is 11.8 Å². The maximum atomic E-state index is 11.6. The van der Waals surface area contributed by atoms with Crippen LogP contribution in [0.4, 0.5) is 0 Å². The summed E-state index contributed by atoms with van der Waals surface area (Å²) in [5.41, 5.74) is 2.67. The lowest BCUT2D eigenvalue weighted by molar-refractivity contribution is -0.125. The number of carbonyl (C=O) groups excluding carboxylic acids is 1. The number of pyridine rings is 1. The van der Waals surface area contributed by atoms with E-state index in [2.05, 4.69) is 29.8 Å².